The summed E-state index contributed by atoms with van der Waals surface area (Å²) in [4.78, 5) is 23.4. The molecule has 19 heavy (non-hydrogen) atoms. The molecule has 1 heterocycles. The first-order chi connectivity index (χ1) is 8.90. The van der Waals surface area contributed by atoms with E-state index in [-0.39, 0.29) is 12.8 Å². The van der Waals surface area contributed by atoms with E-state index in [1.165, 1.54) is 11.8 Å². The van der Waals surface area contributed by atoms with Crippen LogP contribution in [0.3, 0.4) is 0 Å². The van der Waals surface area contributed by atoms with E-state index in [1.54, 1.807) is 0 Å². The zero-order valence-electron chi connectivity index (χ0n) is 11.5. The van der Waals surface area contributed by atoms with Crippen LogP contribution in [0.1, 0.15) is 39.5 Å². The van der Waals surface area contributed by atoms with Crippen LogP contribution in [0.15, 0.2) is 0 Å². The third kappa shape index (κ3) is 4.05. The Balaban J connectivity index is 2.44. The van der Waals surface area contributed by atoms with Crippen LogP contribution in [-0.2, 0) is 4.74 Å². The Bertz CT molecular complexity index is 326. The number of likely N-dealkylation sites (tertiary alicyclic amines) is 1. The van der Waals surface area contributed by atoms with Crippen LogP contribution < -0.4 is 0 Å². The minimum atomic E-state index is -1.33. The second-order valence-corrected chi connectivity index (χ2v) is 5.02. The van der Waals surface area contributed by atoms with Crippen LogP contribution in [-0.4, -0.2) is 52.4 Å². The molecule has 1 unspecified atom stereocenters. The molecule has 0 aromatic carbocycles. The predicted octanol–water partition coefficient (Wildman–Crippen LogP) is 1.42. The molecule has 7 heteroatoms. The van der Waals surface area contributed by atoms with Crippen LogP contribution in [0.4, 0.5) is 4.79 Å². The van der Waals surface area contributed by atoms with Crippen molar-refractivity contribution in [1.82, 2.24) is 4.90 Å². The highest BCUT2D eigenvalue weighted by Crippen LogP contribution is 2.27. The molecule has 0 aliphatic carbocycles. The average Bonchev–Trinajstić information content (AvgIpc) is 2.38. The SMILES string of the molecule is CCCCOC(=O)N1CCC(O)(C(C)[N+](=O)[O-])CC1. The second-order valence-electron chi connectivity index (χ2n) is 5.02. The molecule has 1 amide bonds. The lowest BCUT2D eigenvalue weighted by Crippen LogP contribution is -2.54. The van der Waals surface area contributed by atoms with Gasteiger partial charge in [0.15, 0.2) is 0 Å². The van der Waals surface area contributed by atoms with Gasteiger partial charge < -0.3 is 14.7 Å². The van der Waals surface area contributed by atoms with Crippen molar-refractivity contribution in [2.45, 2.75) is 51.2 Å². The number of rotatable bonds is 5. The fourth-order valence-electron chi connectivity index (χ4n) is 2.09. The fraction of sp³-hybridized carbons (Fsp3) is 0.917. The summed E-state index contributed by atoms with van der Waals surface area (Å²) in [5.74, 6) is 0. The molecule has 1 aliphatic rings. The summed E-state index contributed by atoms with van der Waals surface area (Å²) in [5.41, 5.74) is -1.33. The number of unbranched alkanes of at least 4 members (excludes halogenated alkanes) is 1. The van der Waals surface area contributed by atoms with Crippen molar-refractivity contribution in [1.29, 1.82) is 0 Å². The third-order valence-corrected chi connectivity index (χ3v) is 3.70. The summed E-state index contributed by atoms with van der Waals surface area (Å²) in [6.07, 6.45) is 1.79. The quantitative estimate of drug-likeness (QED) is 0.465. The molecule has 0 radical (unpaired) electrons. The molecule has 1 saturated heterocycles. The van der Waals surface area contributed by atoms with E-state index >= 15 is 0 Å². The molecule has 1 N–H and O–H groups in total. The second kappa shape index (κ2) is 6.70. The highest BCUT2D eigenvalue weighted by molar-refractivity contribution is 5.67. The molecule has 0 saturated carbocycles. The first-order valence-electron chi connectivity index (χ1n) is 6.68. The Morgan fingerprint density at radius 2 is 2.11 bits per heavy atom. The van der Waals surface area contributed by atoms with E-state index < -0.39 is 22.7 Å². The van der Waals surface area contributed by atoms with Gasteiger partial charge >= 0.3 is 6.09 Å². The summed E-state index contributed by atoms with van der Waals surface area (Å²) in [7, 11) is 0. The predicted molar refractivity (Wildman–Crippen MR) is 68.5 cm³/mol. The normalized spacial score (nSPS) is 19.8. The lowest BCUT2D eigenvalue weighted by molar-refractivity contribution is -0.542. The van der Waals surface area contributed by atoms with E-state index in [2.05, 4.69) is 0 Å². The number of aliphatic hydroxyl groups is 1. The molecule has 1 atom stereocenters. The van der Waals surface area contributed by atoms with Crippen LogP contribution in [0, 0.1) is 10.1 Å². The van der Waals surface area contributed by atoms with Crippen LogP contribution in [0.25, 0.3) is 0 Å². The summed E-state index contributed by atoms with van der Waals surface area (Å²) in [6.45, 7) is 4.38. The summed E-state index contributed by atoms with van der Waals surface area (Å²) >= 11 is 0. The Hall–Kier alpha value is -1.37. The first-order valence-corrected chi connectivity index (χ1v) is 6.68. The van der Waals surface area contributed by atoms with Gasteiger partial charge in [-0.25, -0.2) is 4.79 Å². The van der Waals surface area contributed by atoms with Gasteiger partial charge in [-0.05, 0) is 6.42 Å². The van der Waals surface area contributed by atoms with E-state index in [9.17, 15) is 20.0 Å². The Labute approximate surface area is 112 Å². The highest BCUT2D eigenvalue weighted by atomic mass is 16.6. The van der Waals surface area contributed by atoms with E-state index in [1.807, 2.05) is 6.92 Å². The smallest absolute Gasteiger partial charge is 0.409 e. The van der Waals surface area contributed by atoms with Gasteiger partial charge in [-0.3, -0.25) is 10.1 Å². The topological polar surface area (TPSA) is 92.9 Å². The number of hydrogen-bond acceptors (Lipinski definition) is 5. The minimum Gasteiger partial charge on any atom is -0.449 e. The van der Waals surface area contributed by atoms with Crippen molar-refractivity contribution in [3.05, 3.63) is 10.1 Å². The van der Waals surface area contributed by atoms with Crippen molar-refractivity contribution in [2.75, 3.05) is 19.7 Å². The van der Waals surface area contributed by atoms with Gasteiger partial charge in [0, 0.05) is 37.8 Å². The van der Waals surface area contributed by atoms with Crippen molar-refractivity contribution >= 4 is 6.09 Å². The molecule has 1 aliphatic heterocycles. The van der Waals surface area contributed by atoms with Gasteiger partial charge in [-0.2, -0.15) is 0 Å². The van der Waals surface area contributed by atoms with Crippen molar-refractivity contribution < 1.29 is 19.6 Å². The van der Waals surface area contributed by atoms with Gasteiger partial charge in [0.2, 0.25) is 6.04 Å². The number of amides is 1. The largest absolute Gasteiger partial charge is 0.449 e. The molecule has 0 bridgehead atoms. The number of hydrogen-bond donors (Lipinski definition) is 1. The number of carbonyl (C=O) groups is 1. The van der Waals surface area contributed by atoms with Crippen LogP contribution >= 0.6 is 0 Å². The molecule has 0 spiro atoms. The van der Waals surface area contributed by atoms with Gasteiger partial charge in [0.1, 0.15) is 5.60 Å². The lowest BCUT2D eigenvalue weighted by atomic mass is 9.85. The molecule has 0 aromatic heterocycles. The average molecular weight is 274 g/mol. The molecule has 1 rings (SSSR count). The highest BCUT2D eigenvalue weighted by Gasteiger charge is 2.45. The summed E-state index contributed by atoms with van der Waals surface area (Å²) in [6, 6.07) is -1.02. The van der Waals surface area contributed by atoms with E-state index in [4.69, 9.17) is 4.74 Å². The van der Waals surface area contributed by atoms with Crippen LogP contribution in [0.2, 0.25) is 0 Å². The zero-order valence-corrected chi connectivity index (χ0v) is 11.5. The maximum atomic E-state index is 11.7. The summed E-state index contributed by atoms with van der Waals surface area (Å²) < 4.78 is 5.07. The number of nitro groups is 1. The van der Waals surface area contributed by atoms with Gasteiger partial charge in [0.25, 0.3) is 0 Å². The third-order valence-electron chi connectivity index (χ3n) is 3.70. The van der Waals surface area contributed by atoms with Crippen molar-refractivity contribution in [3.63, 3.8) is 0 Å². The molecule has 110 valence electrons. The van der Waals surface area contributed by atoms with Gasteiger partial charge in [-0.1, -0.05) is 13.3 Å². The monoisotopic (exact) mass is 274 g/mol. The lowest BCUT2D eigenvalue weighted by Gasteiger charge is -2.37. The molecule has 1 fully saturated rings. The zero-order chi connectivity index (χ0) is 14.5. The van der Waals surface area contributed by atoms with Crippen LogP contribution in [0.5, 0.6) is 0 Å². The first kappa shape index (κ1) is 15.7. The number of piperidine rings is 1. The summed E-state index contributed by atoms with van der Waals surface area (Å²) in [5, 5.41) is 20.9. The van der Waals surface area contributed by atoms with Gasteiger partial charge in [-0.15, -0.1) is 0 Å². The fourth-order valence-corrected chi connectivity index (χ4v) is 2.09. The standard InChI is InChI=1S/C12H22N2O5/c1-3-4-9-19-11(15)13-7-5-12(16,6-8-13)10(2)14(17)18/h10,16H,3-9H2,1-2H3. The van der Waals surface area contributed by atoms with Crippen molar-refractivity contribution in [3.8, 4) is 0 Å². The molecule has 7 nitrogen and oxygen atoms in total. The number of ether oxygens (including phenoxy) is 1. The molecular formula is C12H22N2O5. The Kier molecular flexibility index (Phi) is 5.53. The maximum absolute atomic E-state index is 11.7. The number of carbonyl (C=O) groups excluding carboxylic acids is 1. The molecular weight excluding hydrogens is 252 g/mol. The van der Waals surface area contributed by atoms with Gasteiger partial charge in [0.05, 0.1) is 6.61 Å². The minimum absolute atomic E-state index is 0.206. The van der Waals surface area contributed by atoms with Crippen molar-refractivity contribution in [2.24, 2.45) is 0 Å². The Morgan fingerprint density at radius 1 is 1.53 bits per heavy atom. The Morgan fingerprint density at radius 3 is 2.58 bits per heavy atom. The molecule has 0 aromatic rings. The van der Waals surface area contributed by atoms with E-state index in [0.717, 1.165) is 12.8 Å². The maximum Gasteiger partial charge on any atom is 0.409 e. The number of nitrogens with zero attached hydrogens (tertiary/aromatic N) is 2. The van der Waals surface area contributed by atoms with E-state index in [0.29, 0.717) is 19.7 Å².